The van der Waals surface area contributed by atoms with Crippen molar-refractivity contribution in [3.63, 3.8) is 0 Å². The zero-order valence-electron chi connectivity index (χ0n) is 21.6. The average molecular weight is 507 g/mol. The number of nitrogens with zero attached hydrogens (tertiary/aromatic N) is 2. The van der Waals surface area contributed by atoms with Crippen molar-refractivity contribution in [3.8, 4) is 11.5 Å². The van der Waals surface area contributed by atoms with Gasteiger partial charge in [-0.05, 0) is 75.4 Å². The van der Waals surface area contributed by atoms with Crippen LogP contribution in [0.5, 0.6) is 11.5 Å². The fourth-order valence-corrected chi connectivity index (χ4v) is 5.40. The Morgan fingerprint density at radius 2 is 1.75 bits per heavy atom. The molecule has 0 aliphatic carbocycles. The van der Waals surface area contributed by atoms with E-state index in [0.717, 1.165) is 17.5 Å². The van der Waals surface area contributed by atoms with Crippen LogP contribution in [0.1, 0.15) is 53.2 Å². The maximum atomic E-state index is 13.8. The number of methoxy groups -OCH3 is 1. The molecule has 1 aromatic heterocycles. The lowest BCUT2D eigenvalue weighted by molar-refractivity contribution is -0.136. The predicted octanol–water partition coefficient (Wildman–Crippen LogP) is 5.51. The minimum atomic E-state index is -0.523. The Hall–Kier alpha value is -3.32. The lowest BCUT2D eigenvalue weighted by Crippen LogP contribution is -2.53. The largest absolute Gasteiger partial charge is 0.493 e. The van der Waals surface area contributed by atoms with E-state index in [0.29, 0.717) is 30.2 Å². The van der Waals surface area contributed by atoms with Crippen molar-refractivity contribution in [2.75, 3.05) is 26.8 Å². The van der Waals surface area contributed by atoms with Crippen LogP contribution in [0.4, 0.5) is 0 Å². The molecule has 0 saturated heterocycles. The van der Waals surface area contributed by atoms with Gasteiger partial charge in [-0.1, -0.05) is 29.8 Å². The van der Waals surface area contributed by atoms with Gasteiger partial charge in [0, 0.05) is 22.5 Å². The van der Waals surface area contributed by atoms with E-state index in [4.69, 9.17) is 9.47 Å². The van der Waals surface area contributed by atoms with Crippen LogP contribution in [0.25, 0.3) is 0 Å². The summed E-state index contributed by atoms with van der Waals surface area (Å²) in [6.45, 7) is 8.76. The first-order valence-corrected chi connectivity index (χ1v) is 13.1. The molecule has 0 spiro atoms. The van der Waals surface area contributed by atoms with E-state index < -0.39 is 5.54 Å². The van der Waals surface area contributed by atoms with Gasteiger partial charge in [0.2, 0.25) is 5.91 Å². The van der Waals surface area contributed by atoms with Crippen LogP contribution in [0.15, 0.2) is 60.0 Å². The van der Waals surface area contributed by atoms with Gasteiger partial charge >= 0.3 is 0 Å². The molecule has 36 heavy (non-hydrogen) atoms. The molecule has 7 heteroatoms. The molecule has 0 fully saturated rings. The molecule has 1 aliphatic heterocycles. The van der Waals surface area contributed by atoms with Crippen LogP contribution in [-0.2, 0) is 11.2 Å². The number of fused-ring (bicyclic) bond motifs is 1. The number of carbonyl (C=O) groups excluding carboxylic acids is 2. The van der Waals surface area contributed by atoms with Crippen LogP contribution in [-0.4, -0.2) is 54.0 Å². The minimum Gasteiger partial charge on any atom is -0.493 e. The predicted molar refractivity (Wildman–Crippen MR) is 143 cm³/mol. The number of hydrogen-bond donors (Lipinski definition) is 0. The molecule has 0 N–H and O–H groups in total. The second-order valence-corrected chi connectivity index (χ2v) is 11.0. The Balaban J connectivity index is 1.57. The summed E-state index contributed by atoms with van der Waals surface area (Å²) in [5, 5.41) is 2.07. The topological polar surface area (TPSA) is 59.1 Å². The molecule has 190 valence electrons. The maximum absolute atomic E-state index is 13.8. The number of benzene rings is 2. The van der Waals surface area contributed by atoms with Crippen molar-refractivity contribution in [2.45, 2.75) is 45.7 Å². The van der Waals surface area contributed by atoms with E-state index in [1.807, 2.05) is 81.1 Å². The highest BCUT2D eigenvalue weighted by atomic mass is 32.1. The first-order chi connectivity index (χ1) is 17.2. The summed E-state index contributed by atoms with van der Waals surface area (Å²) in [4.78, 5) is 32.0. The van der Waals surface area contributed by atoms with Gasteiger partial charge in [0.05, 0.1) is 13.2 Å². The summed E-state index contributed by atoms with van der Waals surface area (Å²) in [6.07, 6.45) is 0.797. The van der Waals surface area contributed by atoms with Crippen LogP contribution >= 0.6 is 11.3 Å². The van der Waals surface area contributed by atoms with E-state index in [-0.39, 0.29) is 24.4 Å². The molecule has 2 aromatic carbocycles. The second kappa shape index (κ2) is 10.7. The van der Waals surface area contributed by atoms with Gasteiger partial charge < -0.3 is 19.3 Å². The van der Waals surface area contributed by atoms with E-state index in [2.05, 4.69) is 11.4 Å². The summed E-state index contributed by atoms with van der Waals surface area (Å²) < 4.78 is 11.6. The third-order valence-electron chi connectivity index (χ3n) is 6.53. The van der Waals surface area contributed by atoms with Gasteiger partial charge in [0.15, 0.2) is 11.5 Å². The molecule has 1 aliphatic rings. The number of rotatable bonds is 7. The monoisotopic (exact) mass is 506 g/mol. The van der Waals surface area contributed by atoms with Crippen LogP contribution in [0.2, 0.25) is 0 Å². The summed E-state index contributed by atoms with van der Waals surface area (Å²) in [7, 11) is 1.61. The fourth-order valence-electron chi connectivity index (χ4n) is 4.47. The van der Waals surface area contributed by atoms with Crippen molar-refractivity contribution in [2.24, 2.45) is 0 Å². The molecule has 4 rings (SSSR count). The van der Waals surface area contributed by atoms with Gasteiger partial charge in [-0.15, -0.1) is 11.3 Å². The molecule has 0 saturated carbocycles. The van der Waals surface area contributed by atoms with E-state index in [1.165, 1.54) is 4.88 Å². The van der Waals surface area contributed by atoms with Crippen molar-refractivity contribution >= 4 is 23.2 Å². The van der Waals surface area contributed by atoms with Crippen molar-refractivity contribution in [3.05, 3.63) is 81.5 Å². The zero-order valence-corrected chi connectivity index (χ0v) is 22.4. The smallest absolute Gasteiger partial charge is 0.254 e. The first-order valence-electron chi connectivity index (χ1n) is 12.2. The molecule has 0 bridgehead atoms. The number of hydrogen-bond acceptors (Lipinski definition) is 5. The Labute approximate surface area is 217 Å². The van der Waals surface area contributed by atoms with Gasteiger partial charge in [-0.2, -0.15) is 0 Å². The zero-order chi connectivity index (χ0) is 25.9. The van der Waals surface area contributed by atoms with E-state index in [9.17, 15) is 9.59 Å². The minimum absolute atomic E-state index is 0.000832. The average Bonchev–Trinajstić information content (AvgIpc) is 3.34. The standard InChI is InChI=1S/C29H34N2O4S/c1-20-10-12-21(13-11-20)28(33)31(29(2,3)4)18-27(32)30-16-14-26-22(15-17-36-26)23(30)19-35-25-9-7-6-8-24(25)34-5/h6-13,15,17,23H,14,16,18-19H2,1-5H3/t23-/m0/s1. The fraction of sp³-hybridized carbons (Fsp3) is 0.379. The quantitative estimate of drug-likeness (QED) is 0.424. The van der Waals surface area contributed by atoms with E-state index in [1.54, 1.807) is 23.3 Å². The molecule has 3 aromatic rings. The van der Waals surface area contributed by atoms with Gasteiger partial charge in [0.1, 0.15) is 13.2 Å². The Morgan fingerprint density at radius 3 is 2.42 bits per heavy atom. The number of para-hydroxylation sites is 2. The molecule has 1 atom stereocenters. The molecule has 2 amide bonds. The number of aryl methyl sites for hydroxylation is 1. The van der Waals surface area contributed by atoms with Crippen LogP contribution in [0.3, 0.4) is 0 Å². The summed E-state index contributed by atoms with van der Waals surface area (Å²) in [5.41, 5.74) is 2.26. The number of thiophene rings is 1. The van der Waals surface area contributed by atoms with Crippen LogP contribution < -0.4 is 9.47 Å². The molecule has 0 unspecified atom stereocenters. The number of ether oxygens (including phenoxy) is 2. The van der Waals surface area contributed by atoms with Gasteiger partial charge in [-0.25, -0.2) is 0 Å². The van der Waals surface area contributed by atoms with Gasteiger partial charge in [0.25, 0.3) is 5.91 Å². The number of amides is 2. The molecule has 6 nitrogen and oxygen atoms in total. The molecule has 2 heterocycles. The van der Waals surface area contributed by atoms with Gasteiger partial charge in [-0.3, -0.25) is 9.59 Å². The maximum Gasteiger partial charge on any atom is 0.254 e. The highest BCUT2D eigenvalue weighted by Gasteiger charge is 2.36. The SMILES string of the molecule is COc1ccccc1OC[C@H]1c2ccsc2CCN1C(=O)CN(C(=O)c1ccc(C)cc1)C(C)(C)C. The molecular weight excluding hydrogens is 472 g/mol. The Kier molecular flexibility index (Phi) is 7.69. The second-order valence-electron chi connectivity index (χ2n) is 10.0. The summed E-state index contributed by atoms with van der Waals surface area (Å²) in [6, 6.07) is 16.8. The highest BCUT2D eigenvalue weighted by molar-refractivity contribution is 7.10. The summed E-state index contributed by atoms with van der Waals surface area (Å²) >= 11 is 1.71. The number of carbonyl (C=O) groups is 2. The lowest BCUT2D eigenvalue weighted by Gasteiger charge is -2.40. The Morgan fingerprint density at radius 1 is 1.06 bits per heavy atom. The lowest BCUT2D eigenvalue weighted by atomic mass is 9.99. The normalized spacial score (nSPS) is 15.2. The summed E-state index contributed by atoms with van der Waals surface area (Å²) in [5.74, 6) is 1.06. The third-order valence-corrected chi connectivity index (χ3v) is 7.52. The van der Waals surface area contributed by atoms with Crippen molar-refractivity contribution in [1.29, 1.82) is 0 Å². The molecular formula is C29H34N2O4S. The van der Waals surface area contributed by atoms with E-state index >= 15 is 0 Å². The van der Waals surface area contributed by atoms with Crippen molar-refractivity contribution < 1.29 is 19.1 Å². The third kappa shape index (κ3) is 5.57. The van der Waals surface area contributed by atoms with Crippen molar-refractivity contribution in [1.82, 2.24) is 9.80 Å². The Bertz CT molecular complexity index is 1210. The molecule has 0 radical (unpaired) electrons. The first kappa shape index (κ1) is 25.8. The highest BCUT2D eigenvalue weighted by Crippen LogP contribution is 2.35. The van der Waals surface area contributed by atoms with Crippen LogP contribution in [0, 0.1) is 6.92 Å².